The summed E-state index contributed by atoms with van der Waals surface area (Å²) < 4.78 is 10.4. The number of benzene rings is 3. The lowest BCUT2D eigenvalue weighted by Crippen LogP contribution is -2.60. The van der Waals surface area contributed by atoms with Crippen LogP contribution >= 0.6 is 11.6 Å². The second-order valence-electron chi connectivity index (χ2n) is 5.98. The van der Waals surface area contributed by atoms with Gasteiger partial charge in [-0.15, -0.1) is 0 Å². The average Bonchev–Trinajstić information content (AvgIpc) is 2.74. The van der Waals surface area contributed by atoms with E-state index in [9.17, 15) is 0 Å². The standard InChI is InChI=1S/C23H21ClN2O2/c1-27-21-11-7-19(8-12-21)25-16-15-23(17-3-5-18(24)6-4-17)26-20-9-13-22(28-2)14-10-20/h3-16,26H,1-2H3/p+1. The maximum absolute atomic E-state index is 6.03. The molecule has 0 atom stereocenters. The van der Waals surface area contributed by atoms with Crippen LogP contribution < -0.4 is 19.8 Å². The molecule has 0 aliphatic heterocycles. The molecule has 3 aromatic carbocycles. The van der Waals surface area contributed by atoms with Gasteiger partial charge >= 0.3 is 0 Å². The van der Waals surface area contributed by atoms with Crippen molar-refractivity contribution in [3.05, 3.63) is 89.5 Å². The fourth-order valence-electron chi connectivity index (χ4n) is 2.58. The van der Waals surface area contributed by atoms with Gasteiger partial charge in [0.05, 0.1) is 19.9 Å². The molecule has 3 aromatic rings. The monoisotopic (exact) mass is 393 g/mol. The van der Waals surface area contributed by atoms with Crippen LogP contribution in [0.25, 0.3) is 5.70 Å². The van der Waals surface area contributed by atoms with Crippen molar-refractivity contribution in [1.29, 1.82) is 0 Å². The van der Waals surface area contributed by atoms with E-state index in [1.54, 1.807) is 14.2 Å². The zero-order valence-corrected chi connectivity index (χ0v) is 16.5. The van der Waals surface area contributed by atoms with Gasteiger partial charge in [-0.1, -0.05) is 23.7 Å². The van der Waals surface area contributed by atoms with Crippen LogP contribution in [0.15, 0.2) is 78.9 Å². The first-order valence-electron chi connectivity index (χ1n) is 8.79. The lowest BCUT2D eigenvalue weighted by molar-refractivity contribution is -0.346. The van der Waals surface area contributed by atoms with Gasteiger partial charge in [0.25, 0.3) is 0 Å². The summed E-state index contributed by atoms with van der Waals surface area (Å²) in [5, 5.41) is 4.14. The highest BCUT2D eigenvalue weighted by atomic mass is 35.5. The highest BCUT2D eigenvalue weighted by molar-refractivity contribution is 6.30. The van der Waals surface area contributed by atoms with Gasteiger partial charge in [0.15, 0.2) is 6.21 Å². The Morgan fingerprint density at radius 3 is 1.96 bits per heavy atom. The molecule has 28 heavy (non-hydrogen) atoms. The van der Waals surface area contributed by atoms with Crippen LogP contribution in [-0.2, 0) is 0 Å². The van der Waals surface area contributed by atoms with E-state index in [2.05, 4.69) is 10.3 Å². The predicted octanol–water partition coefficient (Wildman–Crippen LogP) is 4.29. The predicted molar refractivity (Wildman–Crippen MR) is 116 cm³/mol. The maximum atomic E-state index is 6.03. The number of hydrogen-bond donors (Lipinski definition) is 2. The first-order chi connectivity index (χ1) is 13.7. The normalized spacial score (nSPS) is 11.5. The molecular weight excluding hydrogens is 372 g/mol. The lowest BCUT2D eigenvalue weighted by Gasteiger charge is -2.11. The Bertz CT molecular complexity index is 947. The number of nitrogens with one attached hydrogen (secondary N) is 2. The second kappa shape index (κ2) is 9.62. The summed E-state index contributed by atoms with van der Waals surface area (Å²) in [6.45, 7) is 0. The summed E-state index contributed by atoms with van der Waals surface area (Å²) in [6.07, 6.45) is 3.87. The maximum Gasteiger partial charge on any atom is 0.203 e. The van der Waals surface area contributed by atoms with Gasteiger partial charge in [0.2, 0.25) is 5.69 Å². The van der Waals surface area contributed by atoms with Crippen LogP contribution in [0.4, 0.5) is 11.4 Å². The van der Waals surface area contributed by atoms with Crippen LogP contribution in [0.3, 0.4) is 0 Å². The minimum Gasteiger partial charge on any atom is -0.497 e. The van der Waals surface area contributed by atoms with E-state index < -0.39 is 0 Å². The van der Waals surface area contributed by atoms with Crippen molar-refractivity contribution in [3.63, 3.8) is 0 Å². The fraction of sp³-hybridized carbons (Fsp3) is 0.0870. The molecule has 3 rings (SSSR count). The van der Waals surface area contributed by atoms with Crippen molar-refractivity contribution in [2.24, 2.45) is 0 Å². The summed E-state index contributed by atoms with van der Waals surface area (Å²) in [4.78, 5) is 3.27. The Morgan fingerprint density at radius 2 is 1.39 bits per heavy atom. The van der Waals surface area contributed by atoms with Crippen LogP contribution in [-0.4, -0.2) is 20.4 Å². The van der Waals surface area contributed by atoms with Gasteiger partial charge < -0.3 is 14.8 Å². The number of anilines is 1. The van der Waals surface area contributed by atoms with Gasteiger partial charge in [0.1, 0.15) is 11.5 Å². The second-order valence-corrected chi connectivity index (χ2v) is 6.42. The number of halogens is 1. The molecule has 0 aliphatic rings. The summed E-state index contributed by atoms with van der Waals surface area (Å²) in [5.41, 5.74) is 3.88. The van der Waals surface area contributed by atoms with Gasteiger partial charge in [-0.25, -0.2) is 4.99 Å². The van der Waals surface area contributed by atoms with Gasteiger partial charge in [0, 0.05) is 28.9 Å². The number of methoxy groups -OCH3 is 2. The molecule has 0 bridgehead atoms. The van der Waals surface area contributed by atoms with E-state index in [-0.39, 0.29) is 0 Å². The topological polar surface area (TPSA) is 44.5 Å². The largest absolute Gasteiger partial charge is 0.497 e. The third-order valence-corrected chi connectivity index (χ3v) is 4.37. The van der Waals surface area contributed by atoms with Crippen LogP contribution in [0.2, 0.25) is 5.02 Å². The molecule has 0 radical (unpaired) electrons. The van der Waals surface area contributed by atoms with E-state index in [1.807, 2.05) is 85.1 Å². The number of allylic oxidation sites excluding steroid dienone is 1. The number of rotatable bonds is 7. The summed E-state index contributed by atoms with van der Waals surface area (Å²) in [6, 6.07) is 23.2. The van der Waals surface area contributed by atoms with Gasteiger partial charge in [-0.05, 0) is 54.1 Å². The summed E-state index contributed by atoms with van der Waals surface area (Å²) >= 11 is 6.03. The fourth-order valence-corrected chi connectivity index (χ4v) is 2.70. The molecular formula is C23H22ClN2O2+. The van der Waals surface area contributed by atoms with Crippen molar-refractivity contribution in [3.8, 4) is 11.5 Å². The molecule has 2 N–H and O–H groups in total. The van der Waals surface area contributed by atoms with Crippen LogP contribution in [0.5, 0.6) is 11.5 Å². The lowest BCUT2D eigenvalue weighted by atomic mass is 10.1. The molecule has 0 spiro atoms. The molecule has 0 unspecified atom stereocenters. The van der Waals surface area contributed by atoms with Crippen LogP contribution in [0.1, 0.15) is 5.56 Å². The molecule has 0 fully saturated rings. The van der Waals surface area contributed by atoms with Crippen molar-refractivity contribution in [1.82, 2.24) is 0 Å². The van der Waals surface area contributed by atoms with E-state index >= 15 is 0 Å². The molecule has 0 heterocycles. The Kier molecular flexibility index (Phi) is 6.71. The van der Waals surface area contributed by atoms with Crippen molar-refractivity contribution in [2.75, 3.05) is 19.5 Å². The molecule has 142 valence electrons. The Labute approximate surface area is 170 Å². The molecule has 5 heteroatoms. The third-order valence-electron chi connectivity index (χ3n) is 4.11. The van der Waals surface area contributed by atoms with E-state index in [1.165, 1.54) is 0 Å². The third kappa shape index (κ3) is 5.38. The average molecular weight is 394 g/mol. The first kappa shape index (κ1) is 19.5. The van der Waals surface area contributed by atoms with Gasteiger partial charge in [-0.3, -0.25) is 0 Å². The highest BCUT2D eigenvalue weighted by Gasteiger charge is 2.04. The zero-order chi connectivity index (χ0) is 19.8. The minimum atomic E-state index is 0.702. The SMILES string of the molecule is COc1ccc(NC(=CC=[NH+]c2ccc(OC)cc2)c2ccc(Cl)cc2)cc1. The zero-order valence-electron chi connectivity index (χ0n) is 15.8. The van der Waals surface area contributed by atoms with Crippen molar-refractivity contribution < 1.29 is 14.5 Å². The molecule has 0 saturated carbocycles. The Hall–Kier alpha value is -3.24. The highest BCUT2D eigenvalue weighted by Crippen LogP contribution is 2.22. The number of hydrogen-bond acceptors (Lipinski definition) is 3. The van der Waals surface area contributed by atoms with E-state index in [0.717, 1.165) is 34.1 Å². The molecule has 0 aliphatic carbocycles. The van der Waals surface area contributed by atoms with Crippen molar-refractivity contribution in [2.45, 2.75) is 0 Å². The Morgan fingerprint density at radius 1 is 0.821 bits per heavy atom. The number of ether oxygens (including phenoxy) is 2. The molecule has 0 amide bonds. The smallest absolute Gasteiger partial charge is 0.203 e. The quantitative estimate of drug-likeness (QED) is 0.588. The first-order valence-corrected chi connectivity index (χ1v) is 9.17. The van der Waals surface area contributed by atoms with E-state index in [0.29, 0.717) is 5.02 Å². The van der Waals surface area contributed by atoms with Crippen LogP contribution in [0, 0.1) is 0 Å². The van der Waals surface area contributed by atoms with E-state index in [4.69, 9.17) is 21.1 Å². The Balaban J connectivity index is 1.84. The van der Waals surface area contributed by atoms with Crippen molar-refractivity contribution >= 4 is 34.9 Å². The summed E-state index contributed by atoms with van der Waals surface area (Å²) in [7, 11) is 3.31. The molecule has 0 aromatic heterocycles. The minimum absolute atomic E-state index is 0.702. The molecule has 4 nitrogen and oxygen atoms in total. The molecule has 0 saturated heterocycles. The van der Waals surface area contributed by atoms with Gasteiger partial charge in [-0.2, -0.15) is 0 Å². The summed E-state index contributed by atoms with van der Waals surface area (Å²) in [5.74, 6) is 1.64.